The fourth-order valence-corrected chi connectivity index (χ4v) is 3.13. The molecule has 0 aliphatic carbocycles. The highest BCUT2D eigenvalue weighted by Crippen LogP contribution is 2.38. The number of hydrogen-bond acceptors (Lipinski definition) is 3. The smallest absolute Gasteiger partial charge is 0.416 e. The molecule has 0 saturated heterocycles. The van der Waals surface area contributed by atoms with Crippen molar-refractivity contribution in [3.05, 3.63) is 83.1 Å². The monoisotopic (exact) mass is 371 g/mol. The minimum Gasteiger partial charge on any atom is -0.448 e. The van der Waals surface area contributed by atoms with Gasteiger partial charge in [0.15, 0.2) is 0 Å². The lowest BCUT2D eigenvalue weighted by Crippen LogP contribution is -2.42. The number of amidine groups is 1. The highest BCUT2D eigenvalue weighted by atomic mass is 19.4. The van der Waals surface area contributed by atoms with Crippen LogP contribution in [-0.2, 0) is 6.18 Å². The van der Waals surface area contributed by atoms with Crippen molar-refractivity contribution in [2.45, 2.75) is 19.3 Å². The summed E-state index contributed by atoms with van der Waals surface area (Å²) in [6.45, 7) is 1.97. The number of alkyl halides is 3. The third-order valence-corrected chi connectivity index (χ3v) is 4.55. The molecular weight excluding hydrogens is 355 g/mol. The summed E-state index contributed by atoms with van der Waals surface area (Å²) in [5.74, 6) is 0.622. The third-order valence-electron chi connectivity index (χ3n) is 4.55. The molecule has 1 unspecified atom stereocenters. The van der Waals surface area contributed by atoms with E-state index in [9.17, 15) is 13.2 Å². The quantitative estimate of drug-likeness (QED) is 0.620. The van der Waals surface area contributed by atoms with Gasteiger partial charge < -0.3 is 14.6 Å². The Morgan fingerprint density at radius 3 is 2.30 bits per heavy atom. The lowest BCUT2D eigenvalue weighted by molar-refractivity contribution is -0.137. The largest absolute Gasteiger partial charge is 0.448 e. The molecule has 1 atom stereocenters. The van der Waals surface area contributed by atoms with Crippen LogP contribution >= 0.6 is 0 Å². The van der Waals surface area contributed by atoms with Gasteiger partial charge in [-0.05, 0) is 42.8 Å². The van der Waals surface area contributed by atoms with E-state index in [0.717, 1.165) is 23.3 Å². The van der Waals surface area contributed by atoms with Gasteiger partial charge in [0.1, 0.15) is 12.0 Å². The number of nitrogens with zero attached hydrogens (tertiary/aromatic N) is 1. The summed E-state index contributed by atoms with van der Waals surface area (Å²) in [7, 11) is 0. The van der Waals surface area contributed by atoms with Crippen molar-refractivity contribution in [1.82, 2.24) is 0 Å². The van der Waals surface area contributed by atoms with Gasteiger partial charge >= 0.3 is 6.18 Å². The van der Waals surface area contributed by atoms with Crippen molar-refractivity contribution < 1.29 is 17.6 Å². The van der Waals surface area contributed by atoms with Gasteiger partial charge in [0.2, 0.25) is 5.88 Å². The second-order valence-corrected chi connectivity index (χ2v) is 6.38. The standard InChI is InChI=1S/C20H16F3N3O/c1-12-2-4-13(5-3-12)18-25-19-16(10-11-27-19)17(24)26(18)15-8-6-14(7-9-15)20(21,22)23/h2-11,18,24-25H,1H3. The van der Waals surface area contributed by atoms with Crippen molar-refractivity contribution in [3.8, 4) is 0 Å². The first-order valence-corrected chi connectivity index (χ1v) is 8.30. The summed E-state index contributed by atoms with van der Waals surface area (Å²) >= 11 is 0. The SMILES string of the molecule is Cc1ccc(C2Nc3occc3C(=N)N2c2ccc(C(F)(F)F)cc2)cc1. The van der Waals surface area contributed by atoms with E-state index in [0.29, 0.717) is 17.1 Å². The average molecular weight is 371 g/mol. The van der Waals surface area contributed by atoms with Crippen LogP contribution in [0, 0.1) is 12.3 Å². The molecule has 0 spiro atoms. The number of fused-ring (bicyclic) bond motifs is 1. The van der Waals surface area contributed by atoms with Crippen molar-refractivity contribution in [2.75, 3.05) is 10.2 Å². The van der Waals surface area contributed by atoms with Gasteiger partial charge in [-0.3, -0.25) is 5.41 Å². The summed E-state index contributed by atoms with van der Waals surface area (Å²) in [6.07, 6.45) is -3.40. The molecule has 1 aromatic heterocycles. The Bertz CT molecular complexity index is 975. The maximum absolute atomic E-state index is 12.9. The third kappa shape index (κ3) is 3.05. The highest BCUT2D eigenvalue weighted by molar-refractivity contribution is 6.12. The van der Waals surface area contributed by atoms with E-state index in [1.165, 1.54) is 18.4 Å². The Morgan fingerprint density at radius 1 is 1.00 bits per heavy atom. The fourth-order valence-electron chi connectivity index (χ4n) is 3.13. The average Bonchev–Trinajstić information content (AvgIpc) is 3.11. The van der Waals surface area contributed by atoms with Crippen LogP contribution in [0.2, 0.25) is 0 Å². The first-order chi connectivity index (χ1) is 12.8. The number of aryl methyl sites for hydroxylation is 1. The second-order valence-electron chi connectivity index (χ2n) is 6.38. The fraction of sp³-hybridized carbons (Fsp3) is 0.150. The van der Waals surface area contributed by atoms with Gasteiger partial charge in [-0.2, -0.15) is 13.2 Å². The molecule has 1 aliphatic heterocycles. The molecule has 138 valence electrons. The molecular formula is C20H16F3N3O. The van der Waals surface area contributed by atoms with Gasteiger partial charge in [-0.1, -0.05) is 29.8 Å². The molecule has 4 rings (SSSR count). The van der Waals surface area contributed by atoms with Crippen LogP contribution in [0.25, 0.3) is 0 Å². The molecule has 2 heterocycles. The molecule has 2 aromatic carbocycles. The Kier molecular flexibility index (Phi) is 3.95. The number of anilines is 2. The van der Waals surface area contributed by atoms with E-state index >= 15 is 0 Å². The molecule has 3 aromatic rings. The second kappa shape index (κ2) is 6.19. The van der Waals surface area contributed by atoms with Crippen molar-refractivity contribution in [2.24, 2.45) is 0 Å². The Labute approximate surface area is 153 Å². The summed E-state index contributed by atoms with van der Waals surface area (Å²) in [5.41, 5.74) is 2.27. The van der Waals surface area contributed by atoms with Gasteiger partial charge in [-0.15, -0.1) is 0 Å². The first kappa shape index (κ1) is 17.2. The number of nitrogens with one attached hydrogen (secondary N) is 2. The van der Waals surface area contributed by atoms with Gasteiger partial charge in [0, 0.05) is 5.69 Å². The zero-order chi connectivity index (χ0) is 19.2. The van der Waals surface area contributed by atoms with Gasteiger partial charge in [0.25, 0.3) is 0 Å². The summed E-state index contributed by atoms with van der Waals surface area (Å²) in [6, 6.07) is 14.2. The van der Waals surface area contributed by atoms with Gasteiger partial charge in [-0.25, -0.2) is 0 Å². The number of halogens is 3. The maximum atomic E-state index is 12.9. The van der Waals surface area contributed by atoms with E-state index in [4.69, 9.17) is 9.83 Å². The molecule has 7 heteroatoms. The minimum atomic E-state index is -4.40. The van der Waals surface area contributed by atoms with E-state index in [1.807, 2.05) is 31.2 Å². The first-order valence-electron chi connectivity index (χ1n) is 8.30. The Balaban J connectivity index is 1.79. The number of benzene rings is 2. The molecule has 0 amide bonds. The predicted octanol–water partition coefficient (Wildman–Crippen LogP) is 5.56. The Hall–Kier alpha value is -3.22. The summed E-state index contributed by atoms with van der Waals surface area (Å²) in [5, 5.41) is 11.8. The van der Waals surface area contributed by atoms with Crippen molar-refractivity contribution >= 4 is 17.4 Å². The zero-order valence-corrected chi connectivity index (χ0v) is 14.3. The number of rotatable bonds is 2. The molecule has 4 nitrogen and oxygen atoms in total. The van der Waals surface area contributed by atoms with E-state index < -0.39 is 17.9 Å². The van der Waals surface area contributed by atoms with Gasteiger partial charge in [0.05, 0.1) is 17.4 Å². The predicted molar refractivity (Wildman–Crippen MR) is 97.0 cm³/mol. The van der Waals surface area contributed by atoms with Crippen LogP contribution in [0.15, 0.2) is 65.3 Å². The highest BCUT2D eigenvalue weighted by Gasteiger charge is 2.35. The van der Waals surface area contributed by atoms with Crippen LogP contribution in [0.3, 0.4) is 0 Å². The van der Waals surface area contributed by atoms with E-state index in [2.05, 4.69) is 5.32 Å². The molecule has 2 N–H and O–H groups in total. The van der Waals surface area contributed by atoms with Crippen LogP contribution < -0.4 is 10.2 Å². The van der Waals surface area contributed by atoms with Crippen LogP contribution in [-0.4, -0.2) is 5.84 Å². The molecule has 1 aliphatic rings. The Morgan fingerprint density at radius 2 is 1.67 bits per heavy atom. The van der Waals surface area contributed by atoms with Crippen molar-refractivity contribution in [3.63, 3.8) is 0 Å². The number of furan rings is 1. The maximum Gasteiger partial charge on any atom is 0.416 e. The zero-order valence-electron chi connectivity index (χ0n) is 14.3. The molecule has 27 heavy (non-hydrogen) atoms. The van der Waals surface area contributed by atoms with Crippen LogP contribution in [0.1, 0.15) is 28.4 Å². The molecule has 0 saturated carbocycles. The summed E-state index contributed by atoms with van der Waals surface area (Å²) in [4.78, 5) is 1.66. The molecule has 0 radical (unpaired) electrons. The normalized spacial score (nSPS) is 16.8. The number of hydrogen-bond donors (Lipinski definition) is 2. The van der Waals surface area contributed by atoms with Crippen molar-refractivity contribution in [1.29, 1.82) is 5.41 Å². The minimum absolute atomic E-state index is 0.155. The van der Waals surface area contributed by atoms with Crippen LogP contribution in [0.5, 0.6) is 0 Å². The lowest BCUT2D eigenvalue weighted by Gasteiger charge is -2.38. The topological polar surface area (TPSA) is 52.3 Å². The summed E-state index contributed by atoms with van der Waals surface area (Å²) < 4.78 is 44.1. The molecule has 0 fully saturated rings. The van der Waals surface area contributed by atoms with Crippen LogP contribution in [0.4, 0.5) is 24.7 Å². The van der Waals surface area contributed by atoms with E-state index in [1.54, 1.807) is 11.0 Å². The lowest BCUT2D eigenvalue weighted by atomic mass is 10.0. The van der Waals surface area contributed by atoms with E-state index in [-0.39, 0.29) is 5.84 Å². The molecule has 0 bridgehead atoms.